The zero-order chi connectivity index (χ0) is 25.1. The SMILES string of the molecule is N[C@@H]1C[C@H](N)CN(c2nc(NC(Cc3ccccc3)C3=COCO3)nc(N3C[C@H](N)C[C@H](N)C3)n2)C1. The van der Waals surface area contributed by atoms with Gasteiger partial charge in [0, 0.05) is 56.8 Å². The van der Waals surface area contributed by atoms with Crippen molar-refractivity contribution in [3.63, 3.8) is 0 Å². The highest BCUT2D eigenvalue weighted by Crippen LogP contribution is 2.24. The summed E-state index contributed by atoms with van der Waals surface area (Å²) in [6, 6.07) is 9.70. The molecule has 4 heterocycles. The Morgan fingerprint density at radius 3 is 1.89 bits per heavy atom. The number of hydrogen-bond acceptors (Lipinski definition) is 12. The molecule has 9 N–H and O–H groups in total. The van der Waals surface area contributed by atoms with Gasteiger partial charge in [-0.05, 0) is 18.4 Å². The largest absolute Gasteiger partial charge is 0.462 e. The smallest absolute Gasteiger partial charge is 0.232 e. The van der Waals surface area contributed by atoms with Gasteiger partial charge in [-0.15, -0.1) is 0 Å². The maximum absolute atomic E-state index is 6.27. The van der Waals surface area contributed by atoms with E-state index in [0.717, 1.165) is 18.4 Å². The molecule has 5 rings (SSSR count). The lowest BCUT2D eigenvalue weighted by Gasteiger charge is -2.37. The first-order chi connectivity index (χ1) is 17.4. The van der Waals surface area contributed by atoms with Crippen LogP contribution < -0.4 is 38.1 Å². The fourth-order valence-electron chi connectivity index (χ4n) is 5.05. The predicted molar refractivity (Wildman–Crippen MR) is 138 cm³/mol. The van der Waals surface area contributed by atoms with Crippen molar-refractivity contribution in [3.8, 4) is 0 Å². The molecular weight excluding hydrogens is 460 g/mol. The van der Waals surface area contributed by atoms with Crippen LogP contribution in [0.4, 0.5) is 17.8 Å². The van der Waals surface area contributed by atoms with Gasteiger partial charge in [-0.1, -0.05) is 30.3 Å². The van der Waals surface area contributed by atoms with Crippen molar-refractivity contribution in [1.29, 1.82) is 0 Å². The maximum atomic E-state index is 6.27. The molecule has 3 aliphatic heterocycles. The van der Waals surface area contributed by atoms with E-state index < -0.39 is 0 Å². The molecule has 12 heteroatoms. The monoisotopic (exact) mass is 496 g/mol. The van der Waals surface area contributed by atoms with Crippen molar-refractivity contribution in [2.45, 2.75) is 49.5 Å². The summed E-state index contributed by atoms with van der Waals surface area (Å²) in [6.07, 6.45) is 3.82. The number of anilines is 3. The van der Waals surface area contributed by atoms with Crippen LogP contribution in [-0.4, -0.2) is 78.1 Å². The van der Waals surface area contributed by atoms with Gasteiger partial charge in [0.15, 0.2) is 5.76 Å². The van der Waals surface area contributed by atoms with Crippen LogP contribution in [0.5, 0.6) is 0 Å². The van der Waals surface area contributed by atoms with E-state index in [9.17, 15) is 0 Å². The van der Waals surface area contributed by atoms with Gasteiger partial charge in [0.1, 0.15) is 6.26 Å². The topological polar surface area (TPSA) is 180 Å². The average Bonchev–Trinajstić information content (AvgIpc) is 3.38. The van der Waals surface area contributed by atoms with Crippen LogP contribution in [0.3, 0.4) is 0 Å². The lowest BCUT2D eigenvalue weighted by molar-refractivity contribution is 0.0764. The van der Waals surface area contributed by atoms with Gasteiger partial charge in [0.25, 0.3) is 0 Å². The van der Waals surface area contributed by atoms with E-state index >= 15 is 0 Å². The molecule has 1 aromatic heterocycles. The van der Waals surface area contributed by atoms with E-state index in [-0.39, 0.29) is 37.0 Å². The number of nitrogens with zero attached hydrogens (tertiary/aromatic N) is 5. The van der Waals surface area contributed by atoms with Gasteiger partial charge in [0.2, 0.25) is 24.6 Å². The number of hydrogen-bond donors (Lipinski definition) is 5. The molecule has 0 spiro atoms. The van der Waals surface area contributed by atoms with Crippen molar-refractivity contribution in [2.24, 2.45) is 22.9 Å². The Morgan fingerprint density at radius 1 is 0.833 bits per heavy atom. The third-order valence-electron chi connectivity index (χ3n) is 6.63. The van der Waals surface area contributed by atoms with Crippen LogP contribution in [-0.2, 0) is 15.9 Å². The Bertz CT molecular complexity index is 990. The Labute approximate surface area is 211 Å². The van der Waals surface area contributed by atoms with Crippen molar-refractivity contribution in [2.75, 3.05) is 48.1 Å². The molecule has 36 heavy (non-hydrogen) atoms. The van der Waals surface area contributed by atoms with Crippen molar-refractivity contribution < 1.29 is 9.47 Å². The summed E-state index contributed by atoms with van der Waals surface area (Å²) in [6.45, 7) is 2.65. The minimum Gasteiger partial charge on any atom is -0.462 e. The van der Waals surface area contributed by atoms with Gasteiger partial charge in [-0.3, -0.25) is 0 Å². The minimum atomic E-state index is -0.241. The summed E-state index contributed by atoms with van der Waals surface area (Å²) >= 11 is 0. The molecular formula is C24H36N10O2. The molecule has 0 amide bonds. The van der Waals surface area contributed by atoms with Gasteiger partial charge in [-0.25, -0.2) is 0 Å². The van der Waals surface area contributed by atoms with E-state index in [4.69, 9.17) is 47.4 Å². The third-order valence-corrected chi connectivity index (χ3v) is 6.63. The van der Waals surface area contributed by atoms with Gasteiger partial charge in [0.05, 0.1) is 6.04 Å². The normalized spacial score (nSPS) is 27.2. The second-order valence-electron chi connectivity index (χ2n) is 9.92. The summed E-state index contributed by atoms with van der Waals surface area (Å²) in [5, 5.41) is 3.46. The average molecular weight is 497 g/mol. The summed E-state index contributed by atoms with van der Waals surface area (Å²) in [5.41, 5.74) is 26.2. The zero-order valence-electron chi connectivity index (χ0n) is 20.4. The zero-order valence-corrected chi connectivity index (χ0v) is 20.4. The summed E-state index contributed by atoms with van der Waals surface area (Å²) in [7, 11) is 0. The van der Waals surface area contributed by atoms with Crippen molar-refractivity contribution >= 4 is 17.8 Å². The Kier molecular flexibility index (Phi) is 7.37. The number of nitrogens with one attached hydrogen (secondary N) is 1. The molecule has 1 unspecified atom stereocenters. The summed E-state index contributed by atoms with van der Waals surface area (Å²) in [5.74, 6) is 2.16. The Hall–Kier alpha value is -3.19. The Morgan fingerprint density at radius 2 is 1.39 bits per heavy atom. The second kappa shape index (κ2) is 10.8. The second-order valence-corrected chi connectivity index (χ2v) is 9.92. The highest BCUT2D eigenvalue weighted by Gasteiger charge is 2.30. The van der Waals surface area contributed by atoms with E-state index in [0.29, 0.717) is 56.2 Å². The van der Waals surface area contributed by atoms with Crippen LogP contribution in [0, 0.1) is 0 Å². The highest BCUT2D eigenvalue weighted by atomic mass is 16.7. The van der Waals surface area contributed by atoms with Crippen LogP contribution in [0.2, 0.25) is 0 Å². The van der Waals surface area contributed by atoms with Gasteiger partial charge in [-0.2, -0.15) is 15.0 Å². The van der Waals surface area contributed by atoms with Crippen LogP contribution >= 0.6 is 0 Å². The predicted octanol–water partition coefficient (Wildman–Crippen LogP) is -0.530. The van der Waals surface area contributed by atoms with Gasteiger partial charge >= 0.3 is 0 Å². The van der Waals surface area contributed by atoms with E-state index in [2.05, 4.69) is 17.4 Å². The number of aromatic nitrogens is 3. The molecule has 3 aliphatic rings. The van der Waals surface area contributed by atoms with Crippen LogP contribution in [0.1, 0.15) is 18.4 Å². The fourth-order valence-corrected chi connectivity index (χ4v) is 5.05. The third kappa shape index (κ3) is 5.95. The molecule has 2 saturated heterocycles. The number of nitrogens with two attached hydrogens (primary N) is 4. The van der Waals surface area contributed by atoms with E-state index in [1.807, 2.05) is 28.0 Å². The number of benzene rings is 1. The first-order valence-electron chi connectivity index (χ1n) is 12.5. The van der Waals surface area contributed by atoms with Crippen molar-refractivity contribution in [1.82, 2.24) is 15.0 Å². The van der Waals surface area contributed by atoms with E-state index in [1.54, 1.807) is 6.26 Å². The molecule has 12 nitrogen and oxygen atoms in total. The lowest BCUT2D eigenvalue weighted by Crippen LogP contribution is -2.54. The molecule has 194 valence electrons. The molecule has 0 saturated carbocycles. The first kappa shape index (κ1) is 24.5. The number of rotatable bonds is 7. The standard InChI is InChI=1S/C24H36N10O2/c25-16-7-17(26)10-33(9-16)23-30-22(31-24(32-23)34-11-18(27)8-19(28)12-34)29-20(21-13-35-14-36-21)6-15-4-2-1-3-5-15/h1-5,13,16-20H,6-12,14,25-28H2,(H,29,30,31,32)/t16-,17+,18-,19+,20?. The fraction of sp³-hybridized carbons (Fsp3) is 0.542. The lowest BCUT2D eigenvalue weighted by atomic mass is 10.0. The van der Waals surface area contributed by atoms with Crippen LogP contribution in [0.25, 0.3) is 0 Å². The molecule has 0 bridgehead atoms. The Balaban J connectivity index is 1.47. The van der Waals surface area contributed by atoms with E-state index in [1.165, 1.54) is 0 Å². The quantitative estimate of drug-likeness (QED) is 0.331. The highest BCUT2D eigenvalue weighted by molar-refractivity contribution is 5.48. The molecule has 2 fully saturated rings. The summed E-state index contributed by atoms with van der Waals surface area (Å²) in [4.78, 5) is 18.4. The maximum Gasteiger partial charge on any atom is 0.232 e. The summed E-state index contributed by atoms with van der Waals surface area (Å²) < 4.78 is 11.1. The van der Waals surface area contributed by atoms with Gasteiger partial charge < -0.3 is 47.5 Å². The first-order valence-corrected chi connectivity index (χ1v) is 12.5. The molecule has 0 radical (unpaired) electrons. The molecule has 0 aliphatic carbocycles. The molecule has 1 aromatic carbocycles. The van der Waals surface area contributed by atoms with Crippen molar-refractivity contribution in [3.05, 3.63) is 47.9 Å². The molecule has 2 aromatic rings. The van der Waals surface area contributed by atoms with Crippen LogP contribution in [0.15, 0.2) is 42.4 Å². The molecule has 5 atom stereocenters. The number of piperidine rings is 2. The number of ether oxygens (including phenoxy) is 2. The minimum absolute atomic E-state index is 0.0535.